The number of rotatable bonds is 24. The van der Waals surface area contributed by atoms with E-state index in [4.69, 9.17) is 18.9 Å². The van der Waals surface area contributed by atoms with E-state index in [2.05, 4.69) is 20.8 Å². The predicted molar refractivity (Wildman–Crippen MR) is 124 cm³/mol. The van der Waals surface area contributed by atoms with Crippen molar-refractivity contribution in [3.05, 3.63) is 0 Å². The van der Waals surface area contributed by atoms with Gasteiger partial charge in [-0.2, -0.15) is 0 Å². The van der Waals surface area contributed by atoms with Crippen molar-refractivity contribution in [3.8, 4) is 0 Å². The second kappa shape index (κ2) is 24.6. The standard InChI is InChI=1S/C25H50O5/c1-4-5-6-7-9-12-17-27-20-22-29-23-21-28-18-14-16-25(26)30-19-13-10-8-11-15-24(2)3/h24H,4-23H2,1-3H3. The molecule has 0 radical (unpaired) electrons. The Kier molecular flexibility index (Phi) is 24.1. The molecule has 30 heavy (non-hydrogen) atoms. The zero-order valence-electron chi connectivity index (χ0n) is 20.3. The molecule has 0 bridgehead atoms. The molecule has 0 heterocycles. The van der Waals surface area contributed by atoms with Gasteiger partial charge < -0.3 is 18.9 Å². The number of carbonyl (C=O) groups excluding carboxylic acids is 1. The summed E-state index contributed by atoms with van der Waals surface area (Å²) in [6, 6.07) is 0. The molecular formula is C25H50O5. The first-order valence-corrected chi connectivity index (χ1v) is 12.6. The average Bonchev–Trinajstić information content (AvgIpc) is 2.72. The van der Waals surface area contributed by atoms with Gasteiger partial charge in [0.2, 0.25) is 0 Å². The molecule has 0 rings (SSSR count). The number of esters is 1. The summed E-state index contributed by atoms with van der Waals surface area (Å²) in [5, 5.41) is 0. The van der Waals surface area contributed by atoms with Gasteiger partial charge in [0, 0.05) is 19.6 Å². The van der Waals surface area contributed by atoms with Gasteiger partial charge >= 0.3 is 5.97 Å². The van der Waals surface area contributed by atoms with Crippen LogP contribution in [0.2, 0.25) is 0 Å². The third-order valence-electron chi connectivity index (χ3n) is 4.99. The summed E-state index contributed by atoms with van der Waals surface area (Å²) in [5.41, 5.74) is 0. The van der Waals surface area contributed by atoms with E-state index in [0.717, 1.165) is 31.8 Å². The molecule has 0 spiro atoms. The van der Waals surface area contributed by atoms with E-state index in [-0.39, 0.29) is 5.97 Å². The Bertz CT molecular complexity index is 346. The minimum atomic E-state index is -0.112. The van der Waals surface area contributed by atoms with Crippen molar-refractivity contribution in [2.75, 3.05) is 46.2 Å². The molecule has 0 aromatic heterocycles. The zero-order chi connectivity index (χ0) is 22.1. The number of ether oxygens (including phenoxy) is 4. The van der Waals surface area contributed by atoms with Gasteiger partial charge in [0.05, 0.1) is 33.0 Å². The highest BCUT2D eigenvalue weighted by atomic mass is 16.5. The smallest absolute Gasteiger partial charge is 0.305 e. The van der Waals surface area contributed by atoms with Crippen LogP contribution in [0.25, 0.3) is 0 Å². The molecule has 0 aromatic carbocycles. The molecule has 0 fully saturated rings. The molecule has 0 amide bonds. The summed E-state index contributed by atoms with van der Waals surface area (Å²) < 4.78 is 21.8. The molecule has 0 aliphatic heterocycles. The lowest BCUT2D eigenvalue weighted by molar-refractivity contribution is -0.144. The van der Waals surface area contributed by atoms with Crippen LogP contribution in [0.3, 0.4) is 0 Å². The third kappa shape index (κ3) is 25.4. The molecule has 180 valence electrons. The molecule has 0 N–H and O–H groups in total. The van der Waals surface area contributed by atoms with Crippen LogP contribution in [0.5, 0.6) is 0 Å². The van der Waals surface area contributed by atoms with Gasteiger partial charge in [0.1, 0.15) is 0 Å². The van der Waals surface area contributed by atoms with Crippen LogP contribution in [0, 0.1) is 5.92 Å². The van der Waals surface area contributed by atoms with Gasteiger partial charge in [0.15, 0.2) is 0 Å². The highest BCUT2D eigenvalue weighted by Gasteiger charge is 2.03. The molecular weight excluding hydrogens is 380 g/mol. The van der Waals surface area contributed by atoms with Crippen molar-refractivity contribution < 1.29 is 23.7 Å². The zero-order valence-corrected chi connectivity index (χ0v) is 20.3. The van der Waals surface area contributed by atoms with E-state index in [9.17, 15) is 4.79 Å². The van der Waals surface area contributed by atoms with Crippen LogP contribution in [0.4, 0.5) is 0 Å². The summed E-state index contributed by atoms with van der Waals surface area (Å²) >= 11 is 0. The summed E-state index contributed by atoms with van der Waals surface area (Å²) in [6.07, 6.45) is 14.8. The Labute approximate surface area is 186 Å². The SMILES string of the molecule is CCCCCCCCOCCOCCOCCCC(=O)OCCCCCCC(C)C. The first-order chi connectivity index (χ1) is 14.7. The molecule has 0 saturated heterocycles. The summed E-state index contributed by atoms with van der Waals surface area (Å²) in [6.45, 7) is 11.1. The molecule has 0 unspecified atom stereocenters. The predicted octanol–water partition coefficient (Wildman–Crippen LogP) is 6.33. The normalized spacial score (nSPS) is 11.3. The van der Waals surface area contributed by atoms with Gasteiger partial charge in [-0.15, -0.1) is 0 Å². The van der Waals surface area contributed by atoms with E-state index in [0.29, 0.717) is 52.5 Å². The Morgan fingerprint density at radius 1 is 0.600 bits per heavy atom. The van der Waals surface area contributed by atoms with Crippen LogP contribution in [-0.2, 0) is 23.7 Å². The Morgan fingerprint density at radius 2 is 1.10 bits per heavy atom. The van der Waals surface area contributed by atoms with Crippen molar-refractivity contribution >= 4 is 5.97 Å². The van der Waals surface area contributed by atoms with Crippen LogP contribution < -0.4 is 0 Å². The topological polar surface area (TPSA) is 54.0 Å². The quantitative estimate of drug-likeness (QED) is 0.132. The first kappa shape index (κ1) is 29.4. The van der Waals surface area contributed by atoms with Crippen molar-refractivity contribution in [1.82, 2.24) is 0 Å². The fourth-order valence-corrected chi connectivity index (χ4v) is 3.11. The van der Waals surface area contributed by atoms with Crippen molar-refractivity contribution in [1.29, 1.82) is 0 Å². The number of unbranched alkanes of at least 4 members (excludes halogenated alkanes) is 8. The Balaban J connectivity index is 3.13. The summed E-state index contributed by atoms with van der Waals surface area (Å²) in [7, 11) is 0. The average molecular weight is 431 g/mol. The van der Waals surface area contributed by atoms with E-state index in [1.54, 1.807) is 0 Å². The van der Waals surface area contributed by atoms with Gasteiger partial charge in [-0.25, -0.2) is 0 Å². The number of hydrogen-bond acceptors (Lipinski definition) is 5. The first-order valence-electron chi connectivity index (χ1n) is 12.6. The van der Waals surface area contributed by atoms with E-state index < -0.39 is 0 Å². The lowest BCUT2D eigenvalue weighted by atomic mass is 10.0. The second-order valence-electron chi connectivity index (χ2n) is 8.53. The van der Waals surface area contributed by atoms with Crippen molar-refractivity contribution in [2.24, 2.45) is 5.92 Å². The highest BCUT2D eigenvalue weighted by Crippen LogP contribution is 2.09. The second-order valence-corrected chi connectivity index (χ2v) is 8.53. The minimum Gasteiger partial charge on any atom is -0.466 e. The fourth-order valence-electron chi connectivity index (χ4n) is 3.11. The van der Waals surface area contributed by atoms with Crippen molar-refractivity contribution in [2.45, 2.75) is 104 Å². The largest absolute Gasteiger partial charge is 0.466 e. The van der Waals surface area contributed by atoms with Gasteiger partial charge in [0.25, 0.3) is 0 Å². The molecule has 0 aliphatic carbocycles. The molecule has 0 aromatic rings. The maximum absolute atomic E-state index is 11.7. The fraction of sp³-hybridized carbons (Fsp3) is 0.960. The summed E-state index contributed by atoms with van der Waals surface area (Å²) in [5.74, 6) is 0.671. The molecule has 0 atom stereocenters. The highest BCUT2D eigenvalue weighted by molar-refractivity contribution is 5.69. The van der Waals surface area contributed by atoms with Gasteiger partial charge in [-0.05, 0) is 25.2 Å². The molecule has 5 nitrogen and oxygen atoms in total. The minimum absolute atomic E-state index is 0.112. The molecule has 5 heteroatoms. The number of carbonyl (C=O) groups is 1. The summed E-state index contributed by atoms with van der Waals surface area (Å²) in [4.78, 5) is 11.7. The van der Waals surface area contributed by atoms with Crippen LogP contribution in [-0.4, -0.2) is 52.2 Å². The molecule has 0 aliphatic rings. The van der Waals surface area contributed by atoms with Gasteiger partial charge in [-0.3, -0.25) is 4.79 Å². The monoisotopic (exact) mass is 430 g/mol. The lowest BCUT2D eigenvalue weighted by Crippen LogP contribution is -2.11. The van der Waals surface area contributed by atoms with Crippen molar-refractivity contribution in [3.63, 3.8) is 0 Å². The Hall–Kier alpha value is -0.650. The molecule has 0 saturated carbocycles. The maximum atomic E-state index is 11.7. The third-order valence-corrected chi connectivity index (χ3v) is 4.99. The van der Waals surface area contributed by atoms with Crippen LogP contribution in [0.1, 0.15) is 104 Å². The van der Waals surface area contributed by atoms with E-state index >= 15 is 0 Å². The maximum Gasteiger partial charge on any atom is 0.305 e. The van der Waals surface area contributed by atoms with E-state index in [1.165, 1.54) is 51.4 Å². The van der Waals surface area contributed by atoms with E-state index in [1.807, 2.05) is 0 Å². The number of hydrogen-bond donors (Lipinski definition) is 0. The Morgan fingerprint density at radius 3 is 1.73 bits per heavy atom. The van der Waals surface area contributed by atoms with Crippen LogP contribution >= 0.6 is 0 Å². The van der Waals surface area contributed by atoms with Crippen LogP contribution in [0.15, 0.2) is 0 Å². The van der Waals surface area contributed by atoms with Gasteiger partial charge in [-0.1, -0.05) is 78.6 Å². The lowest BCUT2D eigenvalue weighted by Gasteiger charge is -2.07.